The SMILES string of the molecule is CCC.CCCCc1ccccc1. The first-order valence-corrected chi connectivity index (χ1v) is 5.39. The van der Waals surface area contributed by atoms with Crippen molar-refractivity contribution < 1.29 is 0 Å². The van der Waals surface area contributed by atoms with Crippen molar-refractivity contribution in [2.75, 3.05) is 0 Å². The van der Waals surface area contributed by atoms with Gasteiger partial charge in [-0.2, -0.15) is 0 Å². The van der Waals surface area contributed by atoms with E-state index in [0.29, 0.717) is 0 Å². The number of benzene rings is 1. The van der Waals surface area contributed by atoms with Crippen LogP contribution >= 0.6 is 0 Å². The summed E-state index contributed by atoms with van der Waals surface area (Å²) >= 11 is 0. The van der Waals surface area contributed by atoms with Crippen molar-refractivity contribution in [1.29, 1.82) is 0 Å². The predicted octanol–water partition coefficient (Wildman–Crippen LogP) is 4.45. The molecule has 74 valence electrons. The third kappa shape index (κ3) is 7.58. The maximum absolute atomic E-state index is 2.23. The van der Waals surface area contributed by atoms with Crippen LogP contribution in [0.3, 0.4) is 0 Å². The average Bonchev–Trinajstić information content (AvgIpc) is 2.18. The Labute approximate surface area is 83.0 Å². The summed E-state index contributed by atoms with van der Waals surface area (Å²) < 4.78 is 0. The van der Waals surface area contributed by atoms with Gasteiger partial charge in [-0.05, 0) is 18.4 Å². The summed E-state index contributed by atoms with van der Waals surface area (Å²) in [5, 5.41) is 0. The van der Waals surface area contributed by atoms with Crippen molar-refractivity contribution in [2.45, 2.75) is 46.5 Å². The lowest BCUT2D eigenvalue weighted by Crippen LogP contribution is -1.81. The van der Waals surface area contributed by atoms with Gasteiger partial charge in [0.05, 0.1) is 0 Å². The quantitative estimate of drug-likeness (QED) is 0.641. The number of hydrogen-bond donors (Lipinski definition) is 0. The van der Waals surface area contributed by atoms with Crippen LogP contribution in [0.25, 0.3) is 0 Å². The second kappa shape index (κ2) is 9.31. The molecule has 0 N–H and O–H groups in total. The van der Waals surface area contributed by atoms with Gasteiger partial charge in [0.1, 0.15) is 0 Å². The van der Waals surface area contributed by atoms with E-state index in [1.54, 1.807) is 0 Å². The highest BCUT2D eigenvalue weighted by Crippen LogP contribution is 2.03. The van der Waals surface area contributed by atoms with Crippen LogP contribution in [0.1, 0.15) is 45.6 Å². The van der Waals surface area contributed by atoms with Gasteiger partial charge < -0.3 is 0 Å². The first-order valence-electron chi connectivity index (χ1n) is 5.39. The zero-order valence-corrected chi connectivity index (χ0v) is 9.22. The van der Waals surface area contributed by atoms with E-state index in [9.17, 15) is 0 Å². The number of rotatable bonds is 3. The standard InChI is InChI=1S/C10H14.C3H8/c1-2-3-7-10-8-5-4-6-9-10;1-3-2/h4-6,8-9H,2-3,7H2,1H3;3H2,1-2H3. The number of aryl methyl sites for hydroxylation is 1. The molecule has 0 aliphatic carbocycles. The van der Waals surface area contributed by atoms with Crippen molar-refractivity contribution >= 4 is 0 Å². The molecule has 13 heavy (non-hydrogen) atoms. The lowest BCUT2D eigenvalue weighted by molar-refractivity contribution is 0.795. The van der Waals surface area contributed by atoms with Crippen molar-refractivity contribution in [3.63, 3.8) is 0 Å². The van der Waals surface area contributed by atoms with E-state index in [1.165, 1.54) is 31.2 Å². The van der Waals surface area contributed by atoms with E-state index < -0.39 is 0 Å². The molecule has 0 unspecified atom stereocenters. The smallest absolute Gasteiger partial charge is 0.0279 e. The van der Waals surface area contributed by atoms with Crippen LogP contribution in [-0.4, -0.2) is 0 Å². The van der Waals surface area contributed by atoms with Crippen LogP contribution in [0, 0.1) is 0 Å². The van der Waals surface area contributed by atoms with E-state index in [2.05, 4.69) is 51.1 Å². The zero-order chi connectivity index (χ0) is 9.94. The van der Waals surface area contributed by atoms with Crippen molar-refractivity contribution in [3.8, 4) is 0 Å². The second-order valence-corrected chi connectivity index (χ2v) is 3.30. The highest BCUT2D eigenvalue weighted by molar-refractivity contribution is 5.14. The molecule has 0 aliphatic rings. The molecule has 0 radical (unpaired) electrons. The Balaban J connectivity index is 0.000000424. The summed E-state index contributed by atoms with van der Waals surface area (Å²) in [5.41, 5.74) is 1.46. The molecule has 1 rings (SSSR count). The third-order valence-electron chi connectivity index (χ3n) is 1.66. The first kappa shape index (κ1) is 12.2. The normalized spacial score (nSPS) is 8.85. The maximum atomic E-state index is 2.23. The summed E-state index contributed by atoms with van der Waals surface area (Å²) in [4.78, 5) is 0. The van der Waals surface area contributed by atoms with Gasteiger partial charge in [-0.25, -0.2) is 0 Å². The van der Waals surface area contributed by atoms with Gasteiger partial charge in [-0.3, -0.25) is 0 Å². The molecule has 0 atom stereocenters. The molecule has 0 amide bonds. The molecule has 0 heterocycles. The van der Waals surface area contributed by atoms with Gasteiger partial charge >= 0.3 is 0 Å². The summed E-state index contributed by atoms with van der Waals surface area (Å²) in [5.74, 6) is 0. The van der Waals surface area contributed by atoms with Crippen LogP contribution < -0.4 is 0 Å². The Hall–Kier alpha value is -0.780. The fourth-order valence-electron chi connectivity index (χ4n) is 1.03. The van der Waals surface area contributed by atoms with Gasteiger partial charge in [0, 0.05) is 0 Å². The molecule has 1 aromatic carbocycles. The molecule has 1 aromatic rings. The van der Waals surface area contributed by atoms with Crippen LogP contribution in [0.5, 0.6) is 0 Å². The Morgan fingerprint density at radius 1 is 0.923 bits per heavy atom. The van der Waals surface area contributed by atoms with Crippen molar-refractivity contribution in [2.24, 2.45) is 0 Å². The minimum atomic E-state index is 1.23. The molecule has 0 saturated heterocycles. The molecule has 0 aromatic heterocycles. The molecule has 0 nitrogen and oxygen atoms in total. The molecule has 0 spiro atoms. The van der Waals surface area contributed by atoms with Crippen LogP contribution in [0.4, 0.5) is 0 Å². The lowest BCUT2D eigenvalue weighted by atomic mass is 10.1. The Kier molecular flexibility index (Phi) is 8.75. The average molecular weight is 178 g/mol. The molecule has 0 heteroatoms. The van der Waals surface area contributed by atoms with Crippen LogP contribution in [0.15, 0.2) is 30.3 Å². The topological polar surface area (TPSA) is 0 Å². The van der Waals surface area contributed by atoms with Gasteiger partial charge in [-0.15, -0.1) is 0 Å². The number of unbranched alkanes of at least 4 members (excludes halogenated alkanes) is 1. The minimum Gasteiger partial charge on any atom is -0.0656 e. The molecular formula is C13H22. The molecule has 0 fully saturated rings. The fourth-order valence-corrected chi connectivity index (χ4v) is 1.03. The van der Waals surface area contributed by atoms with Gasteiger partial charge in [0.25, 0.3) is 0 Å². The van der Waals surface area contributed by atoms with Gasteiger partial charge in [-0.1, -0.05) is 63.9 Å². The summed E-state index contributed by atoms with van der Waals surface area (Å²) in [6.07, 6.45) is 5.08. The molecular weight excluding hydrogens is 156 g/mol. The first-order chi connectivity index (χ1) is 6.35. The monoisotopic (exact) mass is 178 g/mol. The zero-order valence-electron chi connectivity index (χ0n) is 9.22. The van der Waals surface area contributed by atoms with Crippen LogP contribution in [0.2, 0.25) is 0 Å². The molecule has 0 bridgehead atoms. The van der Waals surface area contributed by atoms with Crippen molar-refractivity contribution in [3.05, 3.63) is 35.9 Å². The van der Waals surface area contributed by atoms with E-state index >= 15 is 0 Å². The summed E-state index contributed by atoms with van der Waals surface area (Å²) in [6.45, 7) is 6.48. The lowest BCUT2D eigenvalue weighted by Gasteiger charge is -1.96. The summed E-state index contributed by atoms with van der Waals surface area (Å²) in [6, 6.07) is 10.6. The molecule has 0 aliphatic heterocycles. The molecule has 0 saturated carbocycles. The predicted molar refractivity (Wildman–Crippen MR) is 61.0 cm³/mol. The largest absolute Gasteiger partial charge is 0.0656 e. The van der Waals surface area contributed by atoms with Gasteiger partial charge in [0.2, 0.25) is 0 Å². The van der Waals surface area contributed by atoms with E-state index in [-0.39, 0.29) is 0 Å². The Morgan fingerprint density at radius 2 is 1.46 bits per heavy atom. The Morgan fingerprint density at radius 3 is 1.92 bits per heavy atom. The number of hydrogen-bond acceptors (Lipinski definition) is 0. The second-order valence-electron chi connectivity index (χ2n) is 3.30. The van der Waals surface area contributed by atoms with Gasteiger partial charge in [0.15, 0.2) is 0 Å². The highest BCUT2D eigenvalue weighted by atomic mass is 13.9. The maximum Gasteiger partial charge on any atom is -0.0279 e. The van der Waals surface area contributed by atoms with E-state index in [0.717, 1.165) is 0 Å². The minimum absolute atomic E-state index is 1.23. The van der Waals surface area contributed by atoms with E-state index in [1.807, 2.05) is 0 Å². The Bertz CT molecular complexity index is 176. The third-order valence-corrected chi connectivity index (χ3v) is 1.66. The van der Waals surface area contributed by atoms with Crippen LogP contribution in [-0.2, 0) is 6.42 Å². The fraction of sp³-hybridized carbons (Fsp3) is 0.538. The highest BCUT2D eigenvalue weighted by Gasteiger charge is 1.87. The van der Waals surface area contributed by atoms with Crippen molar-refractivity contribution in [1.82, 2.24) is 0 Å². The van der Waals surface area contributed by atoms with E-state index in [4.69, 9.17) is 0 Å². The summed E-state index contributed by atoms with van der Waals surface area (Å²) in [7, 11) is 0.